The van der Waals surface area contributed by atoms with Crippen LogP contribution in [0, 0.1) is 17.8 Å². The summed E-state index contributed by atoms with van der Waals surface area (Å²) in [5, 5.41) is 18.1. The van der Waals surface area contributed by atoms with Gasteiger partial charge in [0.15, 0.2) is 0 Å². The number of hydrogen-bond donors (Lipinski definition) is 2. The molecule has 2 aliphatic heterocycles. The minimum Gasteiger partial charge on any atom is -0.396 e. The highest BCUT2D eigenvalue weighted by atomic mass is 16.3. The van der Waals surface area contributed by atoms with Gasteiger partial charge in [0.05, 0.1) is 6.61 Å². The lowest BCUT2D eigenvalue weighted by Gasteiger charge is -2.42. The zero-order chi connectivity index (χ0) is 18.2. The van der Waals surface area contributed by atoms with Crippen molar-refractivity contribution in [3.05, 3.63) is 35.4 Å². The molecular formula is C22H32N2O2. The van der Waals surface area contributed by atoms with Gasteiger partial charge in [0.25, 0.3) is 0 Å². The van der Waals surface area contributed by atoms with Gasteiger partial charge in [-0.15, -0.1) is 0 Å². The number of rotatable bonds is 5. The van der Waals surface area contributed by atoms with E-state index in [2.05, 4.69) is 45.9 Å². The molecule has 0 amide bonds. The van der Waals surface area contributed by atoms with Gasteiger partial charge in [-0.25, -0.2) is 0 Å². The van der Waals surface area contributed by atoms with E-state index in [0.29, 0.717) is 25.0 Å². The zero-order valence-electron chi connectivity index (χ0n) is 15.7. The van der Waals surface area contributed by atoms with Crippen LogP contribution in [-0.4, -0.2) is 65.4 Å². The first kappa shape index (κ1) is 19.4. The van der Waals surface area contributed by atoms with Gasteiger partial charge in [0.2, 0.25) is 0 Å². The first-order valence-electron chi connectivity index (χ1n) is 10.0. The van der Waals surface area contributed by atoms with Crippen LogP contribution in [0.1, 0.15) is 43.2 Å². The van der Waals surface area contributed by atoms with Crippen LogP contribution in [0.5, 0.6) is 0 Å². The molecular weight excluding hydrogens is 324 g/mol. The molecule has 0 saturated carbocycles. The summed E-state index contributed by atoms with van der Waals surface area (Å²) in [6.45, 7) is 6.11. The lowest BCUT2D eigenvalue weighted by Crippen LogP contribution is -2.50. The van der Waals surface area contributed by atoms with Crippen LogP contribution < -0.4 is 0 Å². The molecule has 2 fully saturated rings. The predicted molar refractivity (Wildman–Crippen MR) is 105 cm³/mol. The van der Waals surface area contributed by atoms with Crippen molar-refractivity contribution in [1.29, 1.82) is 0 Å². The standard InChI is InChI=1S/C22H32N2O2/c25-15-2-1-4-19-6-8-20(9-7-19)16-23-12-3-5-22(17-23)24-13-10-21(18-26)11-14-24/h6-9,21-22,25-26H,2-3,5,10-18H2/t22-/m0/s1. The van der Waals surface area contributed by atoms with Crippen LogP contribution in [0.25, 0.3) is 0 Å². The highest BCUT2D eigenvalue weighted by molar-refractivity contribution is 5.36. The molecule has 0 spiro atoms. The Bertz CT molecular complexity index is 597. The highest BCUT2D eigenvalue weighted by Crippen LogP contribution is 2.24. The molecule has 2 aliphatic rings. The summed E-state index contributed by atoms with van der Waals surface area (Å²) in [5.41, 5.74) is 2.36. The minimum absolute atomic E-state index is 0.124. The molecule has 4 nitrogen and oxygen atoms in total. The fraction of sp³-hybridized carbons (Fsp3) is 0.636. The maximum atomic E-state index is 9.33. The number of aliphatic hydroxyl groups excluding tert-OH is 2. The van der Waals surface area contributed by atoms with Crippen molar-refractivity contribution >= 4 is 0 Å². The van der Waals surface area contributed by atoms with E-state index < -0.39 is 0 Å². The Balaban J connectivity index is 1.50. The third-order valence-electron chi connectivity index (χ3n) is 5.73. The molecule has 0 bridgehead atoms. The number of piperidine rings is 2. The second-order valence-corrected chi connectivity index (χ2v) is 7.67. The van der Waals surface area contributed by atoms with E-state index in [0.717, 1.165) is 44.6 Å². The molecule has 2 N–H and O–H groups in total. The van der Waals surface area contributed by atoms with Gasteiger partial charge in [-0.1, -0.05) is 24.0 Å². The van der Waals surface area contributed by atoms with E-state index in [1.165, 1.54) is 24.9 Å². The number of aliphatic hydroxyl groups is 2. The lowest BCUT2D eigenvalue weighted by atomic mass is 9.94. The lowest BCUT2D eigenvalue weighted by molar-refractivity contribution is 0.0544. The largest absolute Gasteiger partial charge is 0.396 e. The van der Waals surface area contributed by atoms with Gasteiger partial charge in [0.1, 0.15) is 0 Å². The van der Waals surface area contributed by atoms with E-state index in [1.807, 2.05) is 0 Å². The van der Waals surface area contributed by atoms with Gasteiger partial charge in [0, 0.05) is 37.7 Å². The Morgan fingerprint density at radius 3 is 2.46 bits per heavy atom. The second kappa shape index (κ2) is 10.1. The minimum atomic E-state index is 0.124. The predicted octanol–water partition coefficient (Wildman–Crippen LogP) is 2.09. The Kier molecular flexibility index (Phi) is 7.52. The normalized spacial score (nSPS) is 22.8. The third kappa shape index (κ3) is 5.56. The van der Waals surface area contributed by atoms with E-state index in [1.54, 1.807) is 0 Å². The maximum absolute atomic E-state index is 9.33. The van der Waals surface area contributed by atoms with Crippen molar-refractivity contribution in [3.8, 4) is 11.8 Å². The van der Waals surface area contributed by atoms with Crippen LogP contribution in [0.2, 0.25) is 0 Å². The maximum Gasteiger partial charge on any atom is 0.0540 e. The topological polar surface area (TPSA) is 46.9 Å². The molecule has 3 rings (SSSR count). The average Bonchev–Trinajstić information content (AvgIpc) is 2.70. The molecule has 2 heterocycles. The number of hydrogen-bond acceptors (Lipinski definition) is 4. The summed E-state index contributed by atoms with van der Waals surface area (Å²) in [4.78, 5) is 5.23. The third-order valence-corrected chi connectivity index (χ3v) is 5.73. The molecule has 0 radical (unpaired) electrons. The molecule has 142 valence electrons. The monoisotopic (exact) mass is 356 g/mol. The number of nitrogens with zero attached hydrogens (tertiary/aromatic N) is 2. The van der Waals surface area contributed by atoms with Gasteiger partial charge in [-0.05, 0) is 68.9 Å². The van der Waals surface area contributed by atoms with Crippen molar-refractivity contribution in [2.24, 2.45) is 5.92 Å². The van der Waals surface area contributed by atoms with E-state index in [9.17, 15) is 5.11 Å². The summed E-state index contributed by atoms with van der Waals surface area (Å²) in [7, 11) is 0. The van der Waals surface area contributed by atoms with Crippen LogP contribution in [0.3, 0.4) is 0 Å². The Morgan fingerprint density at radius 1 is 1.00 bits per heavy atom. The van der Waals surface area contributed by atoms with E-state index in [-0.39, 0.29) is 6.61 Å². The molecule has 0 aromatic heterocycles. The fourth-order valence-electron chi connectivity index (χ4n) is 4.15. The fourth-order valence-corrected chi connectivity index (χ4v) is 4.15. The highest BCUT2D eigenvalue weighted by Gasteiger charge is 2.28. The van der Waals surface area contributed by atoms with Crippen LogP contribution >= 0.6 is 0 Å². The molecule has 1 aromatic rings. The second-order valence-electron chi connectivity index (χ2n) is 7.67. The summed E-state index contributed by atoms with van der Waals surface area (Å²) in [6, 6.07) is 9.20. The number of likely N-dealkylation sites (tertiary alicyclic amines) is 2. The molecule has 0 unspecified atom stereocenters. The molecule has 4 heteroatoms. The molecule has 26 heavy (non-hydrogen) atoms. The van der Waals surface area contributed by atoms with E-state index >= 15 is 0 Å². The number of benzene rings is 1. The SMILES string of the molecule is OCCC#Cc1ccc(CN2CCC[C@H](N3CCC(CO)CC3)C2)cc1. The van der Waals surface area contributed by atoms with Gasteiger partial charge < -0.3 is 10.2 Å². The van der Waals surface area contributed by atoms with Crippen molar-refractivity contribution < 1.29 is 10.2 Å². The summed E-state index contributed by atoms with van der Waals surface area (Å²) < 4.78 is 0. The summed E-state index contributed by atoms with van der Waals surface area (Å²) in [6.07, 6.45) is 5.40. The first-order valence-corrected chi connectivity index (χ1v) is 10.0. The Morgan fingerprint density at radius 2 is 1.77 bits per heavy atom. The Labute approximate surface area is 157 Å². The molecule has 1 atom stereocenters. The Hall–Kier alpha value is -1.38. The summed E-state index contributed by atoms with van der Waals surface area (Å²) in [5.74, 6) is 6.58. The molecule has 0 aliphatic carbocycles. The molecule has 1 aromatic carbocycles. The van der Waals surface area contributed by atoms with Crippen LogP contribution in [0.4, 0.5) is 0 Å². The van der Waals surface area contributed by atoms with E-state index in [4.69, 9.17) is 5.11 Å². The zero-order valence-corrected chi connectivity index (χ0v) is 15.7. The van der Waals surface area contributed by atoms with Crippen molar-refractivity contribution in [2.75, 3.05) is 39.4 Å². The van der Waals surface area contributed by atoms with Gasteiger partial charge in [-0.2, -0.15) is 0 Å². The van der Waals surface area contributed by atoms with Crippen LogP contribution in [0.15, 0.2) is 24.3 Å². The smallest absolute Gasteiger partial charge is 0.0540 e. The van der Waals surface area contributed by atoms with Crippen molar-refractivity contribution in [1.82, 2.24) is 9.80 Å². The van der Waals surface area contributed by atoms with Crippen LogP contribution in [-0.2, 0) is 6.54 Å². The average molecular weight is 357 g/mol. The first-order chi connectivity index (χ1) is 12.8. The van der Waals surface area contributed by atoms with Gasteiger partial charge >= 0.3 is 0 Å². The van der Waals surface area contributed by atoms with Crippen molar-refractivity contribution in [3.63, 3.8) is 0 Å². The quantitative estimate of drug-likeness (QED) is 0.793. The van der Waals surface area contributed by atoms with Crippen molar-refractivity contribution in [2.45, 2.75) is 44.7 Å². The molecule has 2 saturated heterocycles. The summed E-state index contributed by atoms with van der Waals surface area (Å²) >= 11 is 0. The van der Waals surface area contributed by atoms with Gasteiger partial charge in [-0.3, -0.25) is 9.80 Å².